The van der Waals surface area contributed by atoms with E-state index in [1.807, 2.05) is 17.1 Å². The minimum atomic E-state index is -0.0280. The minimum absolute atomic E-state index is 0.0280. The van der Waals surface area contributed by atoms with Gasteiger partial charge < -0.3 is 10.2 Å². The molecule has 0 aromatic carbocycles. The van der Waals surface area contributed by atoms with E-state index in [4.69, 9.17) is 0 Å². The molecule has 0 bridgehead atoms. The highest BCUT2D eigenvalue weighted by atomic mass is 16.2. The Morgan fingerprint density at radius 2 is 2.24 bits per heavy atom. The summed E-state index contributed by atoms with van der Waals surface area (Å²) in [6.45, 7) is 9.67. The maximum Gasteiger partial charge on any atom is 0.321 e. The largest absolute Gasteiger partial charge is 0.324 e. The number of hydrogen-bond acceptors (Lipinski definition) is 1. The van der Waals surface area contributed by atoms with Gasteiger partial charge in [-0.2, -0.15) is 0 Å². The van der Waals surface area contributed by atoms with Gasteiger partial charge >= 0.3 is 6.03 Å². The van der Waals surface area contributed by atoms with Gasteiger partial charge in [-0.05, 0) is 24.8 Å². The van der Waals surface area contributed by atoms with Crippen LogP contribution in [0.5, 0.6) is 0 Å². The van der Waals surface area contributed by atoms with Crippen LogP contribution in [0.15, 0.2) is 36.1 Å². The maximum absolute atomic E-state index is 11.8. The van der Waals surface area contributed by atoms with Crippen molar-refractivity contribution in [3.05, 3.63) is 36.1 Å². The molecule has 94 valence electrons. The summed E-state index contributed by atoms with van der Waals surface area (Å²) < 4.78 is 0. The van der Waals surface area contributed by atoms with E-state index in [0.29, 0.717) is 0 Å². The third-order valence-corrected chi connectivity index (χ3v) is 2.75. The Morgan fingerprint density at radius 1 is 1.47 bits per heavy atom. The molecule has 0 aromatic rings. The predicted molar refractivity (Wildman–Crippen MR) is 71.7 cm³/mol. The Labute approximate surface area is 104 Å². The van der Waals surface area contributed by atoms with E-state index in [9.17, 15) is 4.79 Å². The summed E-state index contributed by atoms with van der Waals surface area (Å²) in [6.07, 6.45) is 9.03. The van der Waals surface area contributed by atoms with Crippen molar-refractivity contribution in [3.63, 3.8) is 0 Å². The van der Waals surface area contributed by atoms with E-state index >= 15 is 0 Å². The average Bonchev–Trinajstić information content (AvgIpc) is 2.42. The van der Waals surface area contributed by atoms with Crippen LogP contribution in [-0.2, 0) is 0 Å². The number of amides is 2. The highest BCUT2D eigenvalue weighted by Gasteiger charge is 2.19. The molecule has 0 radical (unpaired) electrons. The van der Waals surface area contributed by atoms with Crippen LogP contribution >= 0.6 is 0 Å². The first-order valence-electron chi connectivity index (χ1n) is 6.30. The molecule has 3 heteroatoms. The molecule has 1 N–H and O–H groups in total. The van der Waals surface area contributed by atoms with Crippen molar-refractivity contribution in [1.29, 1.82) is 0 Å². The molecule has 1 saturated heterocycles. The standard InChI is InChI=1S/C14H22N2O/c1-4-6-7-8-13-9-11-16(10-5-2)14(17)15-12(13)3/h6-8H,3-5,9-11H2,1-2H3,(H,15,17)/b7-6-,13-8-. The minimum Gasteiger partial charge on any atom is -0.324 e. The molecule has 2 amide bonds. The summed E-state index contributed by atoms with van der Waals surface area (Å²) in [5.74, 6) is 0. The number of carbonyl (C=O) groups excluding carboxylic acids is 1. The Bertz CT molecular complexity index is 342. The quantitative estimate of drug-likeness (QED) is 0.796. The van der Waals surface area contributed by atoms with Crippen molar-refractivity contribution in [1.82, 2.24) is 10.2 Å². The smallest absolute Gasteiger partial charge is 0.321 e. The number of nitrogens with one attached hydrogen (secondary N) is 1. The Morgan fingerprint density at radius 3 is 2.88 bits per heavy atom. The van der Waals surface area contributed by atoms with Crippen LogP contribution in [0, 0.1) is 0 Å². The summed E-state index contributed by atoms with van der Waals surface area (Å²) in [6, 6.07) is -0.0280. The molecular formula is C14H22N2O. The first-order valence-corrected chi connectivity index (χ1v) is 6.30. The average molecular weight is 234 g/mol. The highest BCUT2D eigenvalue weighted by Crippen LogP contribution is 2.16. The SMILES string of the molecule is C=C1NC(=O)N(CCC)CC/C1=C/C=C\CC. The van der Waals surface area contributed by atoms with Gasteiger partial charge in [0.15, 0.2) is 0 Å². The Hall–Kier alpha value is -1.51. The fraction of sp³-hybridized carbons (Fsp3) is 0.500. The summed E-state index contributed by atoms with van der Waals surface area (Å²) in [5, 5.41) is 2.84. The summed E-state index contributed by atoms with van der Waals surface area (Å²) in [4.78, 5) is 13.6. The van der Waals surface area contributed by atoms with Gasteiger partial charge in [0.25, 0.3) is 0 Å². The zero-order valence-electron chi connectivity index (χ0n) is 10.8. The molecule has 0 unspecified atom stereocenters. The van der Waals surface area contributed by atoms with Gasteiger partial charge in [-0.15, -0.1) is 0 Å². The molecule has 0 aromatic heterocycles. The van der Waals surface area contributed by atoms with Crippen molar-refractivity contribution in [3.8, 4) is 0 Å². The number of carbonyl (C=O) groups is 1. The predicted octanol–water partition coefficient (Wildman–Crippen LogP) is 3.22. The van der Waals surface area contributed by atoms with Crippen LogP contribution < -0.4 is 5.32 Å². The van der Waals surface area contributed by atoms with Gasteiger partial charge in [-0.3, -0.25) is 0 Å². The first kappa shape index (κ1) is 13.6. The number of nitrogens with zero attached hydrogens (tertiary/aromatic N) is 1. The molecule has 1 aliphatic rings. The van der Waals surface area contributed by atoms with E-state index in [1.54, 1.807) is 0 Å². The number of rotatable bonds is 4. The zero-order chi connectivity index (χ0) is 12.7. The maximum atomic E-state index is 11.8. The van der Waals surface area contributed by atoms with Gasteiger partial charge in [0, 0.05) is 18.8 Å². The monoisotopic (exact) mass is 234 g/mol. The molecule has 1 heterocycles. The lowest BCUT2D eigenvalue weighted by molar-refractivity contribution is 0.204. The lowest BCUT2D eigenvalue weighted by atomic mass is 10.1. The zero-order valence-corrected chi connectivity index (χ0v) is 10.8. The molecule has 0 saturated carbocycles. The van der Waals surface area contributed by atoms with Crippen LogP contribution in [0.2, 0.25) is 0 Å². The molecule has 1 rings (SSSR count). The Balaban J connectivity index is 2.72. The van der Waals surface area contributed by atoms with E-state index in [2.05, 4.69) is 31.8 Å². The lowest BCUT2D eigenvalue weighted by Crippen LogP contribution is -2.37. The fourth-order valence-electron chi connectivity index (χ4n) is 1.78. The molecule has 0 aliphatic carbocycles. The van der Waals surface area contributed by atoms with Gasteiger partial charge in [-0.25, -0.2) is 4.79 Å². The van der Waals surface area contributed by atoms with E-state index in [-0.39, 0.29) is 6.03 Å². The molecular weight excluding hydrogens is 212 g/mol. The Kier molecular flexibility index (Phi) is 5.53. The second-order valence-electron chi connectivity index (χ2n) is 4.17. The molecule has 1 fully saturated rings. The van der Waals surface area contributed by atoms with Gasteiger partial charge in [-0.1, -0.05) is 38.7 Å². The van der Waals surface area contributed by atoms with Crippen LogP contribution in [0.25, 0.3) is 0 Å². The molecule has 17 heavy (non-hydrogen) atoms. The normalized spacial score (nSPS) is 19.9. The summed E-state index contributed by atoms with van der Waals surface area (Å²) in [7, 11) is 0. The van der Waals surface area contributed by atoms with E-state index < -0.39 is 0 Å². The van der Waals surface area contributed by atoms with Crippen molar-refractivity contribution in [2.24, 2.45) is 0 Å². The van der Waals surface area contributed by atoms with Crippen LogP contribution in [0.4, 0.5) is 4.79 Å². The highest BCUT2D eigenvalue weighted by molar-refractivity contribution is 5.77. The summed E-state index contributed by atoms with van der Waals surface area (Å²) >= 11 is 0. The molecule has 1 aliphatic heterocycles. The topological polar surface area (TPSA) is 32.3 Å². The van der Waals surface area contributed by atoms with Crippen LogP contribution in [0.1, 0.15) is 33.1 Å². The number of hydrogen-bond donors (Lipinski definition) is 1. The van der Waals surface area contributed by atoms with Crippen molar-refractivity contribution in [2.75, 3.05) is 13.1 Å². The van der Waals surface area contributed by atoms with E-state index in [1.165, 1.54) is 0 Å². The van der Waals surface area contributed by atoms with Crippen molar-refractivity contribution < 1.29 is 4.79 Å². The van der Waals surface area contributed by atoms with E-state index in [0.717, 1.165) is 43.6 Å². The van der Waals surface area contributed by atoms with Crippen LogP contribution in [0.3, 0.4) is 0 Å². The number of allylic oxidation sites excluding steroid dienone is 4. The second-order valence-corrected chi connectivity index (χ2v) is 4.17. The first-order chi connectivity index (χ1) is 8.19. The molecule has 0 atom stereocenters. The molecule has 0 spiro atoms. The third kappa shape index (κ3) is 4.10. The van der Waals surface area contributed by atoms with Crippen LogP contribution in [-0.4, -0.2) is 24.0 Å². The molecule has 3 nitrogen and oxygen atoms in total. The van der Waals surface area contributed by atoms with Gasteiger partial charge in [0.2, 0.25) is 0 Å². The lowest BCUT2D eigenvalue weighted by Gasteiger charge is -2.18. The third-order valence-electron chi connectivity index (χ3n) is 2.75. The van der Waals surface area contributed by atoms with Crippen molar-refractivity contribution >= 4 is 6.03 Å². The summed E-state index contributed by atoms with van der Waals surface area (Å²) in [5.41, 5.74) is 1.84. The fourth-order valence-corrected chi connectivity index (χ4v) is 1.78. The number of urea groups is 1. The second kappa shape index (κ2) is 6.94. The van der Waals surface area contributed by atoms with Crippen molar-refractivity contribution in [2.45, 2.75) is 33.1 Å². The van der Waals surface area contributed by atoms with Gasteiger partial charge in [0.05, 0.1) is 0 Å². The van der Waals surface area contributed by atoms with Gasteiger partial charge in [0.1, 0.15) is 0 Å².